The number of hydrogen-bond donors (Lipinski definition) is 0. The lowest BCUT2D eigenvalue weighted by Gasteiger charge is -2.10. The standard InChI is InChI=1S/C24H16F6O/c1-2-3-4-5-15-7-11-19-18(12-15)10-9-17(22(19)27)8-6-16-13-20(25)23(21(26)14-16)31-24(28,29)30/h2-3,7,9-14H,4-5H2,1H3/b3-2+. The Morgan fingerprint density at radius 1 is 0.935 bits per heavy atom. The first kappa shape index (κ1) is 22.3. The topological polar surface area (TPSA) is 9.23 Å². The van der Waals surface area contributed by atoms with E-state index in [9.17, 15) is 26.3 Å². The summed E-state index contributed by atoms with van der Waals surface area (Å²) in [6.07, 6.45) is 0.440. The molecule has 0 aromatic heterocycles. The molecule has 3 aromatic carbocycles. The van der Waals surface area contributed by atoms with Gasteiger partial charge in [-0.15, -0.1) is 13.2 Å². The van der Waals surface area contributed by atoms with Gasteiger partial charge in [-0.2, -0.15) is 0 Å². The summed E-state index contributed by atoms with van der Waals surface area (Å²) in [5, 5.41) is 1.03. The molecule has 0 heterocycles. The third-order valence-electron chi connectivity index (χ3n) is 4.41. The van der Waals surface area contributed by atoms with Crippen molar-refractivity contribution < 1.29 is 31.1 Å². The Balaban J connectivity index is 1.89. The van der Waals surface area contributed by atoms with Crippen LogP contribution in [0, 0.1) is 29.3 Å². The van der Waals surface area contributed by atoms with Crippen molar-refractivity contribution in [2.75, 3.05) is 0 Å². The molecule has 0 unspecified atom stereocenters. The van der Waals surface area contributed by atoms with Gasteiger partial charge < -0.3 is 4.74 Å². The SMILES string of the molecule is C/C=C/CCc1ccc2c(F)c(C#Cc3cc(F)c(OC(F)(F)F)c(F)c3)ccc2c1. The minimum Gasteiger partial charge on any atom is -0.399 e. The Labute approximate surface area is 175 Å². The minimum atomic E-state index is -5.24. The van der Waals surface area contributed by atoms with Gasteiger partial charge in [0.2, 0.25) is 5.75 Å². The molecular formula is C24H16F6O. The first-order valence-electron chi connectivity index (χ1n) is 9.27. The van der Waals surface area contributed by atoms with E-state index in [-0.39, 0.29) is 11.1 Å². The molecule has 0 bridgehead atoms. The summed E-state index contributed by atoms with van der Waals surface area (Å²) in [6, 6.07) is 9.64. The fraction of sp³-hybridized carbons (Fsp3) is 0.167. The molecule has 0 aliphatic rings. The lowest BCUT2D eigenvalue weighted by Crippen LogP contribution is -2.19. The quantitative estimate of drug-likeness (QED) is 0.243. The third kappa shape index (κ3) is 5.60. The van der Waals surface area contributed by atoms with Crippen LogP contribution in [0.5, 0.6) is 5.75 Å². The van der Waals surface area contributed by atoms with Gasteiger partial charge in [0.15, 0.2) is 11.6 Å². The van der Waals surface area contributed by atoms with Crippen LogP contribution < -0.4 is 4.74 Å². The molecule has 3 aromatic rings. The Morgan fingerprint density at radius 2 is 1.65 bits per heavy atom. The van der Waals surface area contributed by atoms with E-state index < -0.39 is 29.6 Å². The zero-order valence-corrected chi connectivity index (χ0v) is 16.3. The summed E-state index contributed by atoms with van der Waals surface area (Å²) in [6.45, 7) is 1.94. The molecule has 3 rings (SSSR count). The zero-order chi connectivity index (χ0) is 22.6. The molecule has 160 valence electrons. The molecule has 0 radical (unpaired) electrons. The molecule has 0 atom stereocenters. The summed E-state index contributed by atoms with van der Waals surface area (Å²) in [7, 11) is 0. The maximum Gasteiger partial charge on any atom is 0.573 e. The van der Waals surface area contributed by atoms with E-state index in [1.807, 2.05) is 31.2 Å². The van der Waals surface area contributed by atoms with Gasteiger partial charge in [0.1, 0.15) is 5.82 Å². The Hall–Kier alpha value is -3.40. The number of hydrogen-bond acceptors (Lipinski definition) is 1. The van der Waals surface area contributed by atoms with Crippen molar-refractivity contribution in [1.82, 2.24) is 0 Å². The Kier molecular flexibility index (Phi) is 6.59. The predicted octanol–water partition coefficient (Wildman–Crippen LogP) is 7.06. The average Bonchev–Trinajstić information content (AvgIpc) is 2.70. The van der Waals surface area contributed by atoms with Crippen molar-refractivity contribution >= 4 is 10.8 Å². The molecule has 0 aliphatic carbocycles. The zero-order valence-electron chi connectivity index (χ0n) is 16.3. The molecule has 7 heteroatoms. The highest BCUT2D eigenvalue weighted by Gasteiger charge is 2.34. The molecule has 0 saturated carbocycles. The van der Waals surface area contributed by atoms with Gasteiger partial charge in [-0.1, -0.05) is 48.3 Å². The number of aryl methyl sites for hydroxylation is 1. The van der Waals surface area contributed by atoms with Crippen molar-refractivity contribution in [3.8, 4) is 17.6 Å². The van der Waals surface area contributed by atoms with Crippen molar-refractivity contribution in [3.63, 3.8) is 0 Å². The van der Waals surface area contributed by atoms with Crippen LogP contribution in [0.3, 0.4) is 0 Å². The van der Waals surface area contributed by atoms with Crippen LogP contribution in [0.15, 0.2) is 54.6 Å². The van der Waals surface area contributed by atoms with Gasteiger partial charge >= 0.3 is 6.36 Å². The Bertz CT molecular complexity index is 1180. The molecule has 0 spiro atoms. The van der Waals surface area contributed by atoms with Crippen molar-refractivity contribution in [3.05, 3.63) is 88.8 Å². The molecule has 0 saturated heterocycles. The lowest BCUT2D eigenvalue weighted by atomic mass is 10.0. The maximum atomic E-state index is 14.8. The lowest BCUT2D eigenvalue weighted by molar-refractivity contribution is -0.276. The fourth-order valence-corrected chi connectivity index (χ4v) is 2.99. The molecule has 0 fully saturated rings. The molecule has 0 aliphatic heterocycles. The van der Waals surface area contributed by atoms with Gasteiger partial charge in [0.05, 0.1) is 5.56 Å². The minimum absolute atomic E-state index is 0.00870. The van der Waals surface area contributed by atoms with Gasteiger partial charge in [-0.05, 0) is 48.9 Å². The highest BCUT2D eigenvalue weighted by molar-refractivity contribution is 5.85. The summed E-state index contributed by atoms with van der Waals surface area (Å²) in [5.74, 6) is -0.452. The molecular weight excluding hydrogens is 418 g/mol. The second kappa shape index (κ2) is 9.17. The van der Waals surface area contributed by atoms with Gasteiger partial charge in [0, 0.05) is 10.9 Å². The smallest absolute Gasteiger partial charge is 0.399 e. The molecule has 0 N–H and O–H groups in total. The van der Waals surface area contributed by atoms with E-state index in [0.717, 1.165) is 18.4 Å². The highest BCUT2D eigenvalue weighted by Crippen LogP contribution is 2.29. The fourth-order valence-electron chi connectivity index (χ4n) is 2.99. The van der Waals surface area contributed by atoms with Crippen LogP contribution >= 0.6 is 0 Å². The molecule has 31 heavy (non-hydrogen) atoms. The predicted molar refractivity (Wildman–Crippen MR) is 106 cm³/mol. The van der Waals surface area contributed by atoms with Crippen molar-refractivity contribution in [1.29, 1.82) is 0 Å². The van der Waals surface area contributed by atoms with E-state index >= 15 is 0 Å². The first-order valence-corrected chi connectivity index (χ1v) is 9.27. The number of ether oxygens (including phenoxy) is 1. The van der Waals surface area contributed by atoms with E-state index in [1.165, 1.54) is 6.07 Å². The van der Waals surface area contributed by atoms with Crippen LogP contribution in [0.1, 0.15) is 30.0 Å². The van der Waals surface area contributed by atoms with Crippen LogP contribution in [-0.2, 0) is 6.42 Å². The molecule has 0 amide bonds. The van der Waals surface area contributed by atoms with Gasteiger partial charge in [-0.25, -0.2) is 13.2 Å². The second-order valence-electron chi connectivity index (χ2n) is 6.66. The third-order valence-corrected chi connectivity index (χ3v) is 4.41. The maximum absolute atomic E-state index is 14.8. The van der Waals surface area contributed by atoms with Crippen LogP contribution in [0.25, 0.3) is 10.8 Å². The highest BCUT2D eigenvalue weighted by atomic mass is 19.4. The summed E-state index contributed by atoms with van der Waals surface area (Å²) in [5.41, 5.74) is 0.782. The van der Waals surface area contributed by atoms with E-state index in [2.05, 4.69) is 16.6 Å². The monoisotopic (exact) mass is 434 g/mol. The van der Waals surface area contributed by atoms with E-state index in [1.54, 1.807) is 12.1 Å². The van der Waals surface area contributed by atoms with Crippen LogP contribution in [0.4, 0.5) is 26.3 Å². The summed E-state index contributed by atoms with van der Waals surface area (Å²) in [4.78, 5) is 0. The normalized spacial score (nSPS) is 11.6. The number of benzene rings is 3. The van der Waals surface area contributed by atoms with Crippen molar-refractivity contribution in [2.45, 2.75) is 26.1 Å². The van der Waals surface area contributed by atoms with Gasteiger partial charge in [-0.3, -0.25) is 0 Å². The Morgan fingerprint density at radius 3 is 2.29 bits per heavy atom. The average molecular weight is 434 g/mol. The van der Waals surface area contributed by atoms with E-state index in [4.69, 9.17) is 0 Å². The van der Waals surface area contributed by atoms with Crippen molar-refractivity contribution in [2.24, 2.45) is 0 Å². The first-order chi connectivity index (χ1) is 14.7. The van der Waals surface area contributed by atoms with Gasteiger partial charge in [0.25, 0.3) is 0 Å². The second-order valence-corrected chi connectivity index (χ2v) is 6.66. The largest absolute Gasteiger partial charge is 0.573 e. The number of rotatable bonds is 4. The van der Waals surface area contributed by atoms with E-state index in [0.29, 0.717) is 22.9 Å². The summed E-state index contributed by atoms with van der Waals surface area (Å²) >= 11 is 0. The van der Waals surface area contributed by atoms with Crippen LogP contribution in [-0.4, -0.2) is 6.36 Å². The molecule has 1 nitrogen and oxygen atoms in total. The number of fused-ring (bicyclic) bond motifs is 1. The van der Waals surface area contributed by atoms with Crippen LogP contribution in [0.2, 0.25) is 0 Å². The summed E-state index contributed by atoms with van der Waals surface area (Å²) < 4.78 is 82.4. The number of halogens is 6. The number of alkyl halides is 3. The number of allylic oxidation sites excluding steroid dienone is 2.